The second-order valence-corrected chi connectivity index (χ2v) is 8.07. The Morgan fingerprint density at radius 3 is 2.80 bits per heavy atom. The fourth-order valence-electron chi connectivity index (χ4n) is 3.34. The maximum atomic E-state index is 6.05. The van der Waals surface area contributed by atoms with Crippen molar-refractivity contribution < 1.29 is 4.74 Å². The molecule has 1 saturated heterocycles. The normalized spacial score (nSPS) is 21.9. The third-order valence-electron chi connectivity index (χ3n) is 4.55. The average molecular weight is 367 g/mol. The van der Waals surface area contributed by atoms with E-state index in [1.165, 1.54) is 6.42 Å². The molecule has 0 aromatic carbocycles. The van der Waals surface area contributed by atoms with E-state index in [-0.39, 0.29) is 11.5 Å². The Morgan fingerprint density at radius 2 is 2.16 bits per heavy atom. The number of nitrogens with one attached hydrogen (secondary N) is 2. The molecule has 1 aliphatic rings. The molecule has 25 heavy (non-hydrogen) atoms. The van der Waals surface area contributed by atoms with Crippen LogP contribution >= 0.6 is 11.6 Å². The van der Waals surface area contributed by atoms with Crippen LogP contribution in [-0.4, -0.2) is 43.8 Å². The number of aromatic nitrogens is 1. The maximum Gasteiger partial charge on any atom is 0.190 e. The van der Waals surface area contributed by atoms with E-state index in [0.717, 1.165) is 44.1 Å². The number of aliphatic imine (C=N–C) groups is 1. The van der Waals surface area contributed by atoms with E-state index in [4.69, 9.17) is 16.3 Å². The van der Waals surface area contributed by atoms with Crippen LogP contribution in [0.3, 0.4) is 0 Å². The van der Waals surface area contributed by atoms with Gasteiger partial charge in [-0.15, -0.1) is 0 Å². The van der Waals surface area contributed by atoms with Crippen LogP contribution in [0.5, 0.6) is 0 Å². The molecule has 0 amide bonds. The summed E-state index contributed by atoms with van der Waals surface area (Å²) in [6.07, 6.45) is 5.30. The van der Waals surface area contributed by atoms with Crippen molar-refractivity contribution in [3.8, 4) is 0 Å². The van der Waals surface area contributed by atoms with Crippen LogP contribution in [-0.2, 0) is 11.2 Å². The molecule has 140 valence electrons. The van der Waals surface area contributed by atoms with Crippen LogP contribution in [0.2, 0.25) is 5.15 Å². The molecule has 5 nitrogen and oxygen atoms in total. The van der Waals surface area contributed by atoms with Gasteiger partial charge in [0.05, 0.1) is 6.10 Å². The Hall–Kier alpha value is -1.33. The molecule has 2 N–H and O–H groups in total. The Morgan fingerprint density at radius 1 is 1.36 bits per heavy atom. The molecule has 0 aliphatic carbocycles. The van der Waals surface area contributed by atoms with Gasteiger partial charge >= 0.3 is 0 Å². The molecule has 2 atom stereocenters. The van der Waals surface area contributed by atoms with Crippen LogP contribution in [0.25, 0.3) is 0 Å². The van der Waals surface area contributed by atoms with Crippen molar-refractivity contribution in [3.05, 3.63) is 29.0 Å². The first-order valence-electron chi connectivity index (χ1n) is 9.06. The lowest BCUT2D eigenvalue weighted by molar-refractivity contribution is -0.0835. The molecule has 2 rings (SSSR count). The lowest BCUT2D eigenvalue weighted by Crippen LogP contribution is -2.47. The van der Waals surface area contributed by atoms with Gasteiger partial charge in [0, 0.05) is 38.9 Å². The van der Waals surface area contributed by atoms with Crippen molar-refractivity contribution in [1.29, 1.82) is 0 Å². The zero-order valence-corrected chi connectivity index (χ0v) is 16.6. The lowest BCUT2D eigenvalue weighted by Gasteiger charge is -2.40. The Bertz CT molecular complexity index is 554. The summed E-state index contributed by atoms with van der Waals surface area (Å²) in [4.78, 5) is 8.43. The van der Waals surface area contributed by atoms with Gasteiger partial charge in [-0.05, 0) is 36.3 Å². The summed E-state index contributed by atoms with van der Waals surface area (Å²) >= 11 is 5.81. The van der Waals surface area contributed by atoms with Gasteiger partial charge in [0.2, 0.25) is 0 Å². The molecule has 0 spiro atoms. The number of halogens is 1. The van der Waals surface area contributed by atoms with Crippen molar-refractivity contribution in [1.82, 2.24) is 15.6 Å². The van der Waals surface area contributed by atoms with Crippen LogP contribution in [0, 0.1) is 11.3 Å². The van der Waals surface area contributed by atoms with Gasteiger partial charge in [-0.1, -0.05) is 38.4 Å². The van der Waals surface area contributed by atoms with E-state index in [2.05, 4.69) is 41.4 Å². The third kappa shape index (κ3) is 6.48. The van der Waals surface area contributed by atoms with Crippen LogP contribution in [0.1, 0.15) is 39.2 Å². The minimum absolute atomic E-state index is 0.158. The smallest absolute Gasteiger partial charge is 0.190 e. The summed E-state index contributed by atoms with van der Waals surface area (Å²) in [7, 11) is 1.80. The van der Waals surface area contributed by atoms with E-state index >= 15 is 0 Å². The second-order valence-electron chi connectivity index (χ2n) is 7.68. The van der Waals surface area contributed by atoms with Gasteiger partial charge in [0.1, 0.15) is 5.15 Å². The molecule has 0 saturated carbocycles. The van der Waals surface area contributed by atoms with E-state index in [9.17, 15) is 0 Å². The van der Waals surface area contributed by atoms with Gasteiger partial charge in [-0.2, -0.15) is 0 Å². The lowest BCUT2D eigenvalue weighted by atomic mass is 9.78. The van der Waals surface area contributed by atoms with Crippen LogP contribution in [0.4, 0.5) is 0 Å². The minimum Gasteiger partial charge on any atom is -0.377 e. The number of hydrogen-bond acceptors (Lipinski definition) is 3. The molecule has 1 aliphatic heterocycles. The summed E-state index contributed by atoms with van der Waals surface area (Å²) in [5, 5.41) is 7.35. The van der Waals surface area contributed by atoms with Crippen molar-refractivity contribution in [2.24, 2.45) is 16.3 Å². The summed E-state index contributed by atoms with van der Waals surface area (Å²) in [6, 6.07) is 3.82. The first-order chi connectivity index (χ1) is 11.9. The van der Waals surface area contributed by atoms with Gasteiger partial charge in [-0.25, -0.2) is 4.98 Å². The fourth-order valence-corrected chi connectivity index (χ4v) is 3.45. The molecule has 0 radical (unpaired) electrons. The molecule has 6 heteroatoms. The number of rotatable bonds is 5. The fraction of sp³-hybridized carbons (Fsp3) is 0.684. The molecule has 1 aromatic heterocycles. The zero-order valence-electron chi connectivity index (χ0n) is 15.8. The molecule has 1 fully saturated rings. The van der Waals surface area contributed by atoms with Gasteiger partial charge < -0.3 is 15.4 Å². The summed E-state index contributed by atoms with van der Waals surface area (Å²) in [5.74, 6) is 1.34. The predicted octanol–water partition coefficient (Wildman–Crippen LogP) is 3.28. The number of ether oxygens (including phenoxy) is 1. The van der Waals surface area contributed by atoms with Gasteiger partial charge in [0.25, 0.3) is 0 Å². The number of guanidine groups is 1. The molecule has 2 unspecified atom stereocenters. The monoisotopic (exact) mass is 366 g/mol. The largest absolute Gasteiger partial charge is 0.377 e. The van der Waals surface area contributed by atoms with E-state index in [0.29, 0.717) is 11.1 Å². The predicted molar refractivity (Wildman–Crippen MR) is 104 cm³/mol. The van der Waals surface area contributed by atoms with Crippen LogP contribution in [0.15, 0.2) is 23.3 Å². The maximum absolute atomic E-state index is 6.05. The first kappa shape index (κ1) is 20.0. The Labute approximate surface area is 156 Å². The molecular formula is C19H31ClN4O. The van der Waals surface area contributed by atoms with Crippen LogP contribution < -0.4 is 10.6 Å². The molecular weight excluding hydrogens is 336 g/mol. The number of pyridine rings is 1. The van der Waals surface area contributed by atoms with E-state index in [1.807, 2.05) is 18.3 Å². The standard InChI is InChI=1S/C19H31ClN4O/c1-19(2,3)17-15(6-5-11-25-17)13-24-18(21-4)22-10-9-14-7-8-16(20)23-12-14/h7-8,12,15,17H,5-6,9-11,13H2,1-4H3,(H2,21,22,24). The topological polar surface area (TPSA) is 58.5 Å². The average Bonchev–Trinajstić information content (AvgIpc) is 2.59. The van der Waals surface area contributed by atoms with Gasteiger partial charge in [0.15, 0.2) is 5.96 Å². The highest BCUT2D eigenvalue weighted by molar-refractivity contribution is 6.29. The van der Waals surface area contributed by atoms with Crippen molar-refractivity contribution in [3.63, 3.8) is 0 Å². The van der Waals surface area contributed by atoms with Crippen molar-refractivity contribution in [2.45, 2.75) is 46.1 Å². The van der Waals surface area contributed by atoms with E-state index in [1.54, 1.807) is 7.05 Å². The Kier molecular flexibility index (Phi) is 7.51. The van der Waals surface area contributed by atoms with E-state index < -0.39 is 0 Å². The quantitative estimate of drug-likeness (QED) is 0.477. The summed E-state index contributed by atoms with van der Waals surface area (Å²) < 4.78 is 6.05. The van der Waals surface area contributed by atoms with Crippen molar-refractivity contribution in [2.75, 3.05) is 26.7 Å². The molecule has 0 bridgehead atoms. The Balaban J connectivity index is 1.78. The zero-order chi connectivity index (χ0) is 18.3. The second kappa shape index (κ2) is 9.39. The highest BCUT2D eigenvalue weighted by atomic mass is 35.5. The number of hydrogen-bond donors (Lipinski definition) is 2. The first-order valence-corrected chi connectivity index (χ1v) is 9.44. The number of nitrogens with zero attached hydrogens (tertiary/aromatic N) is 2. The van der Waals surface area contributed by atoms with Gasteiger partial charge in [-0.3, -0.25) is 4.99 Å². The summed E-state index contributed by atoms with van der Waals surface area (Å²) in [5.41, 5.74) is 1.31. The summed E-state index contributed by atoms with van der Waals surface area (Å²) in [6.45, 7) is 9.31. The third-order valence-corrected chi connectivity index (χ3v) is 4.77. The minimum atomic E-state index is 0.158. The SMILES string of the molecule is CN=C(NCCc1ccc(Cl)nc1)NCC1CCCOC1C(C)(C)C. The highest BCUT2D eigenvalue weighted by Gasteiger charge is 2.35. The highest BCUT2D eigenvalue weighted by Crippen LogP contribution is 2.33. The molecule has 2 heterocycles. The molecule has 1 aromatic rings. The van der Waals surface area contributed by atoms with Crippen molar-refractivity contribution >= 4 is 17.6 Å².